The van der Waals surface area contributed by atoms with Crippen LogP contribution in [0.1, 0.15) is 59.6 Å². The minimum atomic E-state index is -4.62. The highest BCUT2D eigenvalue weighted by Crippen LogP contribution is 2.40. The average molecular weight is 593 g/mol. The van der Waals surface area contributed by atoms with E-state index in [4.69, 9.17) is 14.6 Å². The van der Waals surface area contributed by atoms with Crippen molar-refractivity contribution in [1.29, 1.82) is 0 Å². The van der Waals surface area contributed by atoms with Crippen LogP contribution >= 0.6 is 0 Å². The summed E-state index contributed by atoms with van der Waals surface area (Å²) in [6.45, 7) is 12.4. The summed E-state index contributed by atoms with van der Waals surface area (Å²) in [5, 5.41) is 4.73. The first-order valence-electron chi connectivity index (χ1n) is 13.9. The summed E-state index contributed by atoms with van der Waals surface area (Å²) < 4.78 is 54.8. The number of rotatable bonds is 6. The van der Waals surface area contributed by atoms with Gasteiger partial charge < -0.3 is 9.47 Å². The van der Waals surface area contributed by atoms with Crippen molar-refractivity contribution in [3.8, 4) is 39.7 Å². The van der Waals surface area contributed by atoms with Gasteiger partial charge in [-0.15, -0.1) is 0 Å². The maximum atomic E-state index is 14.2. The maximum Gasteiger partial charge on any atom is 0.418 e. The highest BCUT2D eigenvalue weighted by Gasteiger charge is 2.35. The van der Waals surface area contributed by atoms with E-state index in [1.807, 2.05) is 6.92 Å². The second-order valence-corrected chi connectivity index (χ2v) is 12.3. The first-order chi connectivity index (χ1) is 20.0. The number of benzene rings is 3. The lowest BCUT2D eigenvalue weighted by Crippen LogP contribution is -2.25. The molecule has 43 heavy (non-hydrogen) atoms. The van der Waals surface area contributed by atoms with Gasteiger partial charge in [-0.05, 0) is 109 Å². The van der Waals surface area contributed by atoms with E-state index >= 15 is 0 Å². The molecule has 0 aliphatic heterocycles. The number of carbonyl (C=O) groups excluding carboxylic acids is 2. The monoisotopic (exact) mass is 592 g/mol. The Morgan fingerprint density at radius 1 is 0.721 bits per heavy atom. The van der Waals surface area contributed by atoms with E-state index in [0.29, 0.717) is 40.4 Å². The van der Waals surface area contributed by atoms with Crippen LogP contribution in [0.5, 0.6) is 11.5 Å². The summed E-state index contributed by atoms with van der Waals surface area (Å²) in [6, 6.07) is 18.7. The molecule has 4 aromatic rings. The molecule has 0 unspecified atom stereocenters. The number of para-hydroxylation sites is 1. The molecular weight excluding hydrogens is 557 g/mol. The van der Waals surface area contributed by atoms with Gasteiger partial charge >= 0.3 is 18.1 Å². The second kappa shape index (κ2) is 11.7. The average Bonchev–Trinajstić information content (AvgIpc) is 3.32. The number of halogens is 3. The Hall–Kier alpha value is -4.40. The van der Waals surface area contributed by atoms with Gasteiger partial charge in [-0.25, -0.2) is 4.68 Å². The molecule has 3 aromatic carbocycles. The summed E-state index contributed by atoms with van der Waals surface area (Å²) in [5.41, 5.74) is 0.593. The number of esters is 2. The fraction of sp³-hybridized carbons (Fsp3) is 0.324. The van der Waals surface area contributed by atoms with Gasteiger partial charge in [0.2, 0.25) is 0 Å². The lowest BCUT2D eigenvalue weighted by molar-refractivity contribution is -0.143. The first-order valence-corrected chi connectivity index (χ1v) is 13.9. The summed E-state index contributed by atoms with van der Waals surface area (Å²) in [5.74, 6) is -0.118. The van der Waals surface area contributed by atoms with E-state index in [2.05, 4.69) is 0 Å². The third-order valence-corrected chi connectivity index (χ3v) is 6.68. The normalized spacial score (nSPS) is 12.2. The number of carbonyl (C=O) groups is 2. The zero-order valence-corrected chi connectivity index (χ0v) is 25.3. The molecular formula is C34H35F3N2O4. The fourth-order valence-corrected chi connectivity index (χ4v) is 4.27. The molecule has 0 spiro atoms. The van der Waals surface area contributed by atoms with Crippen LogP contribution in [0.15, 0.2) is 72.8 Å². The van der Waals surface area contributed by atoms with Gasteiger partial charge in [-0.1, -0.05) is 19.1 Å². The zero-order chi connectivity index (χ0) is 31.7. The molecule has 0 saturated carbocycles. The van der Waals surface area contributed by atoms with Crippen LogP contribution in [-0.4, -0.2) is 21.7 Å². The number of hydrogen-bond acceptors (Lipinski definition) is 5. The number of ether oxygens (including phenoxy) is 2. The molecule has 0 saturated heterocycles. The van der Waals surface area contributed by atoms with Gasteiger partial charge in [0.25, 0.3) is 0 Å². The lowest BCUT2D eigenvalue weighted by atomic mass is 9.97. The predicted molar refractivity (Wildman–Crippen MR) is 159 cm³/mol. The van der Waals surface area contributed by atoms with Gasteiger partial charge in [0, 0.05) is 16.7 Å². The number of nitrogens with zero attached hydrogens (tertiary/aromatic N) is 2. The van der Waals surface area contributed by atoms with Crippen molar-refractivity contribution in [2.75, 3.05) is 0 Å². The Kier molecular flexibility index (Phi) is 8.58. The van der Waals surface area contributed by atoms with Crippen molar-refractivity contribution >= 4 is 11.9 Å². The lowest BCUT2D eigenvalue weighted by Gasteiger charge is -2.17. The molecule has 1 aromatic heterocycles. The van der Waals surface area contributed by atoms with Crippen LogP contribution in [0.2, 0.25) is 0 Å². The molecule has 1 heterocycles. The molecule has 226 valence electrons. The topological polar surface area (TPSA) is 70.4 Å². The van der Waals surface area contributed by atoms with Crippen molar-refractivity contribution in [1.82, 2.24) is 9.78 Å². The van der Waals surface area contributed by atoms with Crippen molar-refractivity contribution < 1.29 is 32.2 Å². The van der Waals surface area contributed by atoms with E-state index in [1.54, 1.807) is 90.1 Å². The van der Waals surface area contributed by atoms with Crippen LogP contribution in [-0.2, 0) is 22.2 Å². The smallest absolute Gasteiger partial charge is 0.418 e. The van der Waals surface area contributed by atoms with Gasteiger partial charge in [0.05, 0.1) is 33.5 Å². The predicted octanol–water partition coefficient (Wildman–Crippen LogP) is 8.69. The highest BCUT2D eigenvalue weighted by molar-refractivity contribution is 5.80. The van der Waals surface area contributed by atoms with Crippen molar-refractivity contribution in [2.45, 2.75) is 61.1 Å². The first kappa shape index (κ1) is 31.5. The summed E-state index contributed by atoms with van der Waals surface area (Å²) >= 11 is 0. The third kappa shape index (κ3) is 6.98. The SMILES string of the molecule is CCc1c(-c2ccc(OC(=O)C(C)(C)C)cc2)nn(-c2ccccc2C(F)(F)F)c1-c1ccc(OC(=O)C(C)(C)C)cc1. The van der Waals surface area contributed by atoms with Crippen LogP contribution in [0, 0.1) is 10.8 Å². The molecule has 0 amide bonds. The molecule has 0 atom stereocenters. The standard InChI is InChI=1S/C34H35F3N2O4/c1-8-25-28(21-13-17-23(18-14-21)42-30(40)32(2,3)4)38-39(27-12-10-9-11-26(27)34(35,36)37)29(25)22-15-19-24(20-16-22)43-31(41)33(5,6)7/h9-20H,8H2,1-7H3. The van der Waals surface area contributed by atoms with Crippen LogP contribution in [0.4, 0.5) is 13.2 Å². The number of aromatic nitrogens is 2. The summed E-state index contributed by atoms with van der Waals surface area (Å²) in [7, 11) is 0. The van der Waals surface area contributed by atoms with E-state index in [-0.39, 0.29) is 11.7 Å². The van der Waals surface area contributed by atoms with Crippen LogP contribution < -0.4 is 9.47 Å². The third-order valence-electron chi connectivity index (χ3n) is 6.68. The second-order valence-electron chi connectivity index (χ2n) is 12.3. The molecule has 9 heteroatoms. The molecule has 0 aliphatic rings. The Bertz CT molecular complexity index is 1620. The maximum absolute atomic E-state index is 14.2. The molecule has 0 radical (unpaired) electrons. The minimum Gasteiger partial charge on any atom is -0.426 e. The molecule has 6 nitrogen and oxygen atoms in total. The number of alkyl halides is 3. The molecule has 0 bridgehead atoms. The van der Waals surface area contributed by atoms with E-state index in [0.717, 1.165) is 11.6 Å². The summed E-state index contributed by atoms with van der Waals surface area (Å²) in [4.78, 5) is 24.7. The molecule has 0 aliphatic carbocycles. The quantitative estimate of drug-likeness (QED) is 0.165. The summed E-state index contributed by atoms with van der Waals surface area (Å²) in [6.07, 6.45) is -4.16. The van der Waals surface area contributed by atoms with Gasteiger partial charge in [0.15, 0.2) is 0 Å². The Morgan fingerprint density at radius 2 is 1.19 bits per heavy atom. The van der Waals surface area contributed by atoms with E-state index < -0.39 is 28.5 Å². The molecule has 0 fully saturated rings. The molecule has 4 rings (SSSR count). The Labute approximate surface area is 249 Å². The van der Waals surface area contributed by atoms with Crippen molar-refractivity contribution in [2.24, 2.45) is 10.8 Å². The van der Waals surface area contributed by atoms with Gasteiger partial charge in [-0.2, -0.15) is 18.3 Å². The van der Waals surface area contributed by atoms with Gasteiger partial charge in [-0.3, -0.25) is 9.59 Å². The van der Waals surface area contributed by atoms with Crippen LogP contribution in [0.3, 0.4) is 0 Å². The fourth-order valence-electron chi connectivity index (χ4n) is 4.27. The minimum absolute atomic E-state index is 0.120. The Morgan fingerprint density at radius 3 is 1.63 bits per heavy atom. The van der Waals surface area contributed by atoms with E-state index in [1.165, 1.54) is 22.9 Å². The van der Waals surface area contributed by atoms with Crippen LogP contribution in [0.25, 0.3) is 28.2 Å². The number of hydrogen-bond donors (Lipinski definition) is 0. The van der Waals surface area contributed by atoms with Gasteiger partial charge in [0.1, 0.15) is 11.5 Å². The van der Waals surface area contributed by atoms with Crippen molar-refractivity contribution in [3.63, 3.8) is 0 Å². The van der Waals surface area contributed by atoms with E-state index in [9.17, 15) is 22.8 Å². The Balaban J connectivity index is 1.86. The molecule has 0 N–H and O–H groups in total. The highest BCUT2D eigenvalue weighted by atomic mass is 19.4. The zero-order valence-electron chi connectivity index (χ0n) is 25.3. The van der Waals surface area contributed by atoms with Crippen molar-refractivity contribution in [3.05, 3.63) is 83.9 Å². The largest absolute Gasteiger partial charge is 0.426 e.